The van der Waals surface area contributed by atoms with E-state index >= 15 is 0 Å². The quantitative estimate of drug-likeness (QED) is 0.841. The van der Waals surface area contributed by atoms with Crippen molar-refractivity contribution in [2.45, 2.75) is 26.3 Å². The van der Waals surface area contributed by atoms with Crippen molar-refractivity contribution in [2.75, 3.05) is 6.61 Å². The molecular weight excluding hydrogens is 270 g/mol. The fraction of sp³-hybridized carbons (Fsp3) is 0.385. The summed E-state index contributed by atoms with van der Waals surface area (Å²) >= 11 is 5.87. The molecule has 0 aliphatic rings. The number of hydrogen-bond acceptors (Lipinski definition) is 3. The molecule has 0 saturated carbocycles. The van der Waals surface area contributed by atoms with E-state index in [2.05, 4.69) is 5.32 Å². The van der Waals surface area contributed by atoms with Crippen molar-refractivity contribution in [3.05, 3.63) is 28.8 Å². The highest BCUT2D eigenvalue weighted by Gasteiger charge is 2.10. The molecule has 0 radical (unpaired) electrons. The fourth-order valence-corrected chi connectivity index (χ4v) is 1.55. The van der Waals surface area contributed by atoms with Gasteiger partial charge in [-0.1, -0.05) is 18.5 Å². The van der Waals surface area contributed by atoms with E-state index in [0.29, 0.717) is 0 Å². The average molecular weight is 286 g/mol. The molecule has 0 spiro atoms. The summed E-state index contributed by atoms with van der Waals surface area (Å²) in [5.41, 5.74) is 0.0707. The number of benzene rings is 1. The molecule has 19 heavy (non-hydrogen) atoms. The lowest BCUT2D eigenvalue weighted by atomic mass is 10.2. The molecule has 5 nitrogen and oxygen atoms in total. The maximum atomic E-state index is 11.5. The van der Waals surface area contributed by atoms with Gasteiger partial charge in [-0.2, -0.15) is 0 Å². The van der Waals surface area contributed by atoms with Gasteiger partial charge in [-0.3, -0.25) is 4.79 Å². The van der Waals surface area contributed by atoms with E-state index in [4.69, 9.17) is 21.4 Å². The lowest BCUT2D eigenvalue weighted by Gasteiger charge is -2.12. The maximum Gasteiger partial charge on any atom is 0.335 e. The molecule has 1 aromatic carbocycles. The van der Waals surface area contributed by atoms with Crippen molar-refractivity contribution in [3.8, 4) is 5.75 Å². The Labute approximate surface area is 116 Å². The Hall–Kier alpha value is -1.75. The van der Waals surface area contributed by atoms with Gasteiger partial charge in [0.1, 0.15) is 5.75 Å². The van der Waals surface area contributed by atoms with Gasteiger partial charge in [-0.25, -0.2) is 4.79 Å². The molecule has 0 aromatic heterocycles. The lowest BCUT2D eigenvalue weighted by Crippen LogP contribution is -2.35. The normalized spacial score (nSPS) is 11.7. The molecule has 1 unspecified atom stereocenters. The van der Waals surface area contributed by atoms with Crippen LogP contribution in [-0.4, -0.2) is 29.6 Å². The van der Waals surface area contributed by atoms with E-state index in [1.807, 2.05) is 13.8 Å². The van der Waals surface area contributed by atoms with Crippen molar-refractivity contribution < 1.29 is 19.4 Å². The first-order chi connectivity index (χ1) is 8.93. The molecule has 0 heterocycles. The number of carboxylic acid groups (broad SMARTS) is 1. The number of aromatic carboxylic acids is 1. The van der Waals surface area contributed by atoms with E-state index in [1.165, 1.54) is 18.2 Å². The third kappa shape index (κ3) is 4.79. The molecule has 0 bridgehead atoms. The van der Waals surface area contributed by atoms with Crippen LogP contribution in [0, 0.1) is 0 Å². The van der Waals surface area contributed by atoms with Crippen LogP contribution < -0.4 is 10.1 Å². The Morgan fingerprint density at radius 2 is 2.16 bits per heavy atom. The minimum atomic E-state index is -1.07. The monoisotopic (exact) mass is 285 g/mol. The van der Waals surface area contributed by atoms with Crippen LogP contribution in [0.2, 0.25) is 5.02 Å². The summed E-state index contributed by atoms with van der Waals surface area (Å²) in [4.78, 5) is 22.2. The molecule has 1 atom stereocenters. The lowest BCUT2D eigenvalue weighted by molar-refractivity contribution is -0.123. The van der Waals surface area contributed by atoms with Gasteiger partial charge in [0.15, 0.2) is 6.61 Å². The average Bonchev–Trinajstić information content (AvgIpc) is 2.36. The van der Waals surface area contributed by atoms with E-state index in [9.17, 15) is 9.59 Å². The van der Waals surface area contributed by atoms with Crippen molar-refractivity contribution in [1.29, 1.82) is 0 Å². The number of hydrogen-bond donors (Lipinski definition) is 2. The number of ether oxygens (including phenoxy) is 1. The Morgan fingerprint density at radius 3 is 2.68 bits per heavy atom. The number of amides is 1. The molecule has 104 valence electrons. The molecule has 1 rings (SSSR count). The Balaban J connectivity index is 2.59. The van der Waals surface area contributed by atoms with Gasteiger partial charge >= 0.3 is 5.97 Å². The van der Waals surface area contributed by atoms with Gasteiger partial charge in [0, 0.05) is 6.04 Å². The summed E-state index contributed by atoms with van der Waals surface area (Å²) in [6, 6.07) is 4.17. The molecule has 0 aliphatic carbocycles. The van der Waals surface area contributed by atoms with Gasteiger partial charge in [-0.05, 0) is 31.5 Å². The van der Waals surface area contributed by atoms with Crippen LogP contribution in [0.15, 0.2) is 18.2 Å². The molecule has 6 heteroatoms. The highest BCUT2D eigenvalue weighted by atomic mass is 35.5. The zero-order valence-corrected chi connectivity index (χ0v) is 11.5. The molecule has 0 aliphatic heterocycles. The summed E-state index contributed by atoms with van der Waals surface area (Å²) < 4.78 is 5.24. The molecule has 1 amide bonds. The molecular formula is C13H16ClNO4. The Morgan fingerprint density at radius 1 is 1.47 bits per heavy atom. The SMILES string of the molecule is CCC(C)NC(=O)COc1ccc(C(=O)O)cc1Cl. The van der Waals surface area contributed by atoms with Gasteiger partial charge in [0.05, 0.1) is 10.6 Å². The van der Waals surface area contributed by atoms with Crippen LogP contribution >= 0.6 is 11.6 Å². The maximum absolute atomic E-state index is 11.5. The van der Waals surface area contributed by atoms with Crippen LogP contribution in [0.1, 0.15) is 30.6 Å². The number of rotatable bonds is 6. The first-order valence-corrected chi connectivity index (χ1v) is 6.26. The highest BCUT2D eigenvalue weighted by Crippen LogP contribution is 2.25. The molecule has 0 saturated heterocycles. The highest BCUT2D eigenvalue weighted by molar-refractivity contribution is 6.32. The van der Waals surface area contributed by atoms with Crippen molar-refractivity contribution in [2.24, 2.45) is 0 Å². The van der Waals surface area contributed by atoms with Crippen LogP contribution in [0.5, 0.6) is 5.75 Å². The number of carboxylic acids is 1. The number of carbonyl (C=O) groups excluding carboxylic acids is 1. The van der Waals surface area contributed by atoms with Gasteiger partial charge in [0.2, 0.25) is 0 Å². The van der Waals surface area contributed by atoms with E-state index in [-0.39, 0.29) is 34.9 Å². The Kier molecular flexibility index (Phi) is 5.63. The fourth-order valence-electron chi connectivity index (χ4n) is 1.31. The minimum absolute atomic E-state index is 0.0707. The van der Waals surface area contributed by atoms with Crippen LogP contribution in [-0.2, 0) is 4.79 Å². The summed E-state index contributed by atoms with van der Waals surface area (Å²) in [7, 11) is 0. The van der Waals surface area contributed by atoms with E-state index in [0.717, 1.165) is 6.42 Å². The molecule has 1 aromatic rings. The third-order valence-electron chi connectivity index (χ3n) is 2.56. The largest absolute Gasteiger partial charge is 0.482 e. The number of nitrogens with one attached hydrogen (secondary N) is 1. The van der Waals surface area contributed by atoms with E-state index in [1.54, 1.807) is 0 Å². The van der Waals surface area contributed by atoms with Crippen molar-refractivity contribution >= 4 is 23.5 Å². The Bertz CT molecular complexity index is 476. The van der Waals surface area contributed by atoms with Crippen molar-refractivity contribution in [3.63, 3.8) is 0 Å². The van der Waals surface area contributed by atoms with Crippen molar-refractivity contribution in [1.82, 2.24) is 5.32 Å². The second-order valence-electron chi connectivity index (χ2n) is 4.12. The standard InChI is InChI=1S/C13H16ClNO4/c1-3-8(2)15-12(16)7-19-11-5-4-9(13(17)18)6-10(11)14/h4-6,8H,3,7H2,1-2H3,(H,15,16)(H,17,18). The third-order valence-corrected chi connectivity index (χ3v) is 2.85. The van der Waals surface area contributed by atoms with E-state index < -0.39 is 5.97 Å². The minimum Gasteiger partial charge on any atom is -0.482 e. The molecule has 2 N–H and O–H groups in total. The first-order valence-electron chi connectivity index (χ1n) is 5.89. The van der Waals surface area contributed by atoms with Gasteiger partial charge in [-0.15, -0.1) is 0 Å². The van der Waals surface area contributed by atoms with Gasteiger partial charge in [0.25, 0.3) is 5.91 Å². The topological polar surface area (TPSA) is 75.6 Å². The van der Waals surface area contributed by atoms with Crippen LogP contribution in [0.25, 0.3) is 0 Å². The van der Waals surface area contributed by atoms with Crippen LogP contribution in [0.3, 0.4) is 0 Å². The summed E-state index contributed by atoms with van der Waals surface area (Å²) in [5.74, 6) is -1.03. The van der Waals surface area contributed by atoms with Crippen LogP contribution in [0.4, 0.5) is 0 Å². The second-order valence-corrected chi connectivity index (χ2v) is 4.52. The number of halogens is 1. The summed E-state index contributed by atoms with van der Waals surface area (Å²) in [6.07, 6.45) is 0.833. The predicted octanol–water partition coefficient (Wildman–Crippen LogP) is 2.33. The zero-order chi connectivity index (χ0) is 14.4. The van der Waals surface area contributed by atoms with Gasteiger partial charge < -0.3 is 15.2 Å². The predicted molar refractivity (Wildman–Crippen MR) is 71.8 cm³/mol. The zero-order valence-electron chi connectivity index (χ0n) is 10.8. The first kappa shape index (κ1) is 15.3. The second kappa shape index (κ2) is 6.99. The smallest absolute Gasteiger partial charge is 0.335 e. The molecule has 0 fully saturated rings. The summed E-state index contributed by atoms with van der Waals surface area (Å²) in [6.45, 7) is 3.70. The number of carbonyl (C=O) groups is 2. The summed E-state index contributed by atoms with van der Waals surface area (Å²) in [5, 5.41) is 11.7.